The van der Waals surface area contributed by atoms with Crippen LogP contribution in [0, 0.1) is 17.8 Å². The van der Waals surface area contributed by atoms with Gasteiger partial charge in [0, 0.05) is 50.3 Å². The summed E-state index contributed by atoms with van der Waals surface area (Å²) >= 11 is 6.38. The van der Waals surface area contributed by atoms with E-state index in [0.29, 0.717) is 31.7 Å². The zero-order valence-corrected chi connectivity index (χ0v) is 30.5. The standard InChI is InChI=1S/C38H50ClN3O6S/c1-26-8-6-17-38(47-3,24-36(43)41-19-7-20-41)33-14-11-31(33)25-42-18-5-4-9-29-22-32(39)13-10-28(29)16-21-48-35-15-12-30(23-34(35)42)37(44)40-49(45,46)27(26)2/h6,10,12-13,15,17,22-23,26-27,31,33H,4-5,7-9,11,14,16,18-21,24-25H2,1-3H3,(H,40,44)/b17-6+/t26-,27+,31-,33+,38+/m0/s1. The number of nitrogens with zero attached hydrogens (tertiary/aromatic N) is 2. The molecule has 1 N–H and O–H groups in total. The summed E-state index contributed by atoms with van der Waals surface area (Å²) < 4.78 is 42.1. The third-order valence-electron chi connectivity index (χ3n) is 11.4. The molecule has 1 saturated carbocycles. The lowest BCUT2D eigenvalue weighted by molar-refractivity contribution is -0.146. The Morgan fingerprint density at radius 3 is 2.57 bits per heavy atom. The molecule has 4 aliphatic rings. The highest BCUT2D eigenvalue weighted by Gasteiger charge is 2.49. The number of carbonyl (C=O) groups excluding carboxylic acids is 2. The Hall–Kier alpha value is -3.08. The quantitative estimate of drug-likeness (QED) is 0.379. The van der Waals surface area contributed by atoms with Crippen LogP contribution in [-0.4, -0.2) is 75.9 Å². The van der Waals surface area contributed by atoms with Crippen LogP contribution in [0.5, 0.6) is 5.75 Å². The van der Waals surface area contributed by atoms with Crippen LogP contribution in [0.3, 0.4) is 0 Å². The van der Waals surface area contributed by atoms with Gasteiger partial charge in [0.15, 0.2) is 0 Å². The van der Waals surface area contributed by atoms with Gasteiger partial charge >= 0.3 is 0 Å². The Labute approximate surface area is 296 Å². The van der Waals surface area contributed by atoms with Crippen LogP contribution in [0.1, 0.15) is 80.3 Å². The molecular weight excluding hydrogens is 662 g/mol. The van der Waals surface area contributed by atoms with Crippen LogP contribution in [0.2, 0.25) is 5.02 Å². The van der Waals surface area contributed by atoms with Gasteiger partial charge in [-0.2, -0.15) is 0 Å². The predicted octanol–water partition coefficient (Wildman–Crippen LogP) is 6.18. The van der Waals surface area contributed by atoms with Crippen LogP contribution in [0.4, 0.5) is 5.69 Å². The number of sulfonamides is 1. The first-order chi connectivity index (χ1) is 23.5. The second-order valence-electron chi connectivity index (χ2n) is 14.4. The zero-order valence-electron chi connectivity index (χ0n) is 29.0. The van der Waals surface area contributed by atoms with Gasteiger partial charge in [-0.25, -0.2) is 13.1 Å². The fourth-order valence-corrected chi connectivity index (χ4v) is 9.27. The van der Waals surface area contributed by atoms with E-state index in [9.17, 15) is 18.0 Å². The fourth-order valence-electron chi connectivity index (χ4n) is 7.79. The molecule has 2 amide bonds. The van der Waals surface area contributed by atoms with Gasteiger partial charge in [-0.1, -0.05) is 36.7 Å². The van der Waals surface area contributed by atoms with Gasteiger partial charge in [-0.15, -0.1) is 0 Å². The van der Waals surface area contributed by atoms with Crippen molar-refractivity contribution in [2.24, 2.45) is 17.8 Å². The molecule has 1 saturated heterocycles. The summed E-state index contributed by atoms with van der Waals surface area (Å²) in [5.74, 6) is 0.144. The van der Waals surface area contributed by atoms with Gasteiger partial charge in [-0.05, 0) is 111 Å². The molecule has 0 aromatic heterocycles. The molecule has 5 atom stereocenters. The van der Waals surface area contributed by atoms with Gasteiger partial charge in [0.1, 0.15) is 5.75 Å². The zero-order chi connectivity index (χ0) is 34.8. The highest BCUT2D eigenvalue weighted by molar-refractivity contribution is 7.90. The lowest BCUT2D eigenvalue weighted by Gasteiger charge is -2.50. The number of ether oxygens (including phenoxy) is 2. The maximum Gasteiger partial charge on any atom is 0.264 e. The van der Waals surface area contributed by atoms with Crippen LogP contribution in [-0.2, 0) is 32.4 Å². The maximum atomic E-state index is 13.5. The molecule has 9 nitrogen and oxygen atoms in total. The van der Waals surface area contributed by atoms with Crippen LogP contribution in [0.25, 0.3) is 0 Å². The molecule has 3 aliphatic heterocycles. The summed E-state index contributed by atoms with van der Waals surface area (Å²) in [5.41, 5.74) is 2.69. The van der Waals surface area contributed by atoms with Gasteiger partial charge in [0.05, 0.1) is 29.6 Å². The number of methoxy groups -OCH3 is 1. The number of likely N-dealkylation sites (tertiary alicyclic amines) is 1. The second-order valence-corrected chi connectivity index (χ2v) is 16.9. The Morgan fingerprint density at radius 1 is 1.04 bits per heavy atom. The second kappa shape index (κ2) is 15.0. The van der Waals surface area contributed by atoms with Gasteiger partial charge in [0.2, 0.25) is 15.9 Å². The van der Waals surface area contributed by atoms with Crippen LogP contribution >= 0.6 is 11.6 Å². The summed E-state index contributed by atoms with van der Waals surface area (Å²) in [5, 5.41) is -0.0960. The monoisotopic (exact) mass is 711 g/mol. The Balaban J connectivity index is 1.39. The number of allylic oxidation sites excluding steroid dienone is 1. The van der Waals surface area contributed by atoms with Crippen molar-refractivity contribution in [3.05, 3.63) is 70.3 Å². The topological polar surface area (TPSA) is 105 Å². The van der Waals surface area contributed by atoms with Crippen molar-refractivity contribution in [1.82, 2.24) is 9.62 Å². The van der Waals surface area contributed by atoms with Crippen LogP contribution in [0.15, 0.2) is 48.6 Å². The SMILES string of the molecule is CO[C@@]1(CC(=O)N2CCC2)/C=C/C[C@H](C)[C@@H](C)S(=O)(=O)NC(=O)c2ccc3c(c2)N(CCCCc2cc(Cl)ccc2CCO3)C[C@@H]2CC[C@H]21. The third-order valence-corrected chi connectivity index (χ3v) is 13.6. The Kier molecular flexibility index (Phi) is 11.0. The molecule has 3 heterocycles. The summed E-state index contributed by atoms with van der Waals surface area (Å²) in [7, 11) is -2.29. The molecule has 2 fully saturated rings. The summed E-state index contributed by atoms with van der Waals surface area (Å²) in [6.45, 7) is 6.91. The molecule has 0 unspecified atom stereocenters. The molecule has 0 radical (unpaired) electrons. The molecule has 2 bridgehead atoms. The number of amides is 2. The minimum atomic E-state index is -3.98. The average molecular weight is 712 g/mol. The molecule has 6 rings (SSSR count). The first-order valence-electron chi connectivity index (χ1n) is 17.9. The molecular formula is C38H50ClN3O6S. The van der Waals surface area contributed by atoms with E-state index in [1.165, 1.54) is 11.1 Å². The average Bonchev–Trinajstić information content (AvgIpc) is 3.02. The number of anilines is 1. The molecule has 2 aromatic carbocycles. The summed E-state index contributed by atoms with van der Waals surface area (Å²) in [6, 6.07) is 11.3. The van der Waals surface area contributed by atoms with E-state index in [4.69, 9.17) is 21.1 Å². The number of benzene rings is 2. The molecule has 0 spiro atoms. The minimum absolute atomic E-state index is 0.0922. The van der Waals surface area contributed by atoms with Crippen molar-refractivity contribution in [2.45, 2.75) is 82.5 Å². The van der Waals surface area contributed by atoms with Crippen LogP contribution < -0.4 is 14.4 Å². The molecule has 11 heteroatoms. The van der Waals surface area contributed by atoms with Gasteiger partial charge in [-0.3, -0.25) is 9.59 Å². The number of aryl methyl sites for hydroxylation is 1. The van der Waals surface area contributed by atoms with E-state index in [-0.39, 0.29) is 35.6 Å². The first-order valence-corrected chi connectivity index (χ1v) is 19.8. The highest BCUT2D eigenvalue weighted by Crippen LogP contribution is 2.48. The van der Waals surface area contributed by atoms with Gasteiger partial charge < -0.3 is 19.3 Å². The lowest BCUT2D eigenvalue weighted by Crippen LogP contribution is -2.54. The smallest absolute Gasteiger partial charge is 0.264 e. The first kappa shape index (κ1) is 35.7. The lowest BCUT2D eigenvalue weighted by atomic mass is 9.63. The summed E-state index contributed by atoms with van der Waals surface area (Å²) in [6.07, 6.45) is 11.1. The van der Waals surface area contributed by atoms with E-state index in [0.717, 1.165) is 68.9 Å². The van der Waals surface area contributed by atoms with E-state index in [1.54, 1.807) is 32.2 Å². The number of halogens is 1. The van der Waals surface area contributed by atoms with Crippen molar-refractivity contribution in [3.63, 3.8) is 0 Å². The fraction of sp³-hybridized carbons (Fsp3) is 0.579. The van der Waals surface area contributed by atoms with E-state index in [2.05, 4.69) is 21.8 Å². The Morgan fingerprint density at radius 2 is 1.86 bits per heavy atom. The van der Waals surface area contributed by atoms with Crippen molar-refractivity contribution in [3.8, 4) is 5.75 Å². The summed E-state index contributed by atoms with van der Waals surface area (Å²) in [4.78, 5) is 31.2. The number of rotatable bonds is 3. The van der Waals surface area contributed by atoms with Crippen molar-refractivity contribution in [1.29, 1.82) is 0 Å². The Bertz CT molecular complexity index is 1680. The van der Waals surface area contributed by atoms with Gasteiger partial charge in [0.25, 0.3) is 5.91 Å². The largest absolute Gasteiger partial charge is 0.491 e. The third kappa shape index (κ3) is 7.81. The highest BCUT2D eigenvalue weighted by atomic mass is 35.5. The molecule has 2 aromatic rings. The molecule has 49 heavy (non-hydrogen) atoms. The van der Waals surface area contributed by atoms with Crippen molar-refractivity contribution >= 4 is 39.1 Å². The number of hydrogen-bond donors (Lipinski definition) is 1. The number of carbonyl (C=O) groups is 2. The minimum Gasteiger partial charge on any atom is -0.491 e. The molecule has 266 valence electrons. The van der Waals surface area contributed by atoms with Crippen molar-refractivity contribution < 1.29 is 27.5 Å². The van der Waals surface area contributed by atoms with E-state index < -0.39 is 26.8 Å². The van der Waals surface area contributed by atoms with E-state index in [1.807, 2.05) is 30.0 Å². The predicted molar refractivity (Wildman–Crippen MR) is 193 cm³/mol. The number of fused-ring (bicyclic) bond motifs is 3. The van der Waals surface area contributed by atoms with E-state index >= 15 is 0 Å². The number of hydrogen-bond acceptors (Lipinski definition) is 7. The van der Waals surface area contributed by atoms with Crippen molar-refractivity contribution in [2.75, 3.05) is 44.8 Å². The maximum absolute atomic E-state index is 13.5. The number of nitrogens with one attached hydrogen (secondary N) is 1. The molecule has 1 aliphatic carbocycles. The normalized spacial score (nSPS) is 29.7.